The molecule has 0 aliphatic carbocycles. The van der Waals surface area contributed by atoms with E-state index in [1.54, 1.807) is 36.4 Å². The van der Waals surface area contributed by atoms with Crippen LogP contribution in [0.15, 0.2) is 47.3 Å². The number of aromatic hydroxyl groups is 1. The lowest BCUT2D eigenvalue weighted by Crippen LogP contribution is -2.11. The van der Waals surface area contributed by atoms with Gasteiger partial charge in [0.15, 0.2) is 0 Å². The van der Waals surface area contributed by atoms with E-state index in [9.17, 15) is 9.90 Å². The maximum Gasteiger partial charge on any atom is 0.260 e. The Bertz CT molecular complexity index is 840. The van der Waals surface area contributed by atoms with Crippen molar-refractivity contribution in [3.05, 3.63) is 58.4 Å². The summed E-state index contributed by atoms with van der Waals surface area (Å²) in [5.74, 6) is 0.404. The zero-order chi connectivity index (χ0) is 14.1. The number of aromatic nitrogens is 2. The number of anilines is 2. The van der Waals surface area contributed by atoms with Crippen molar-refractivity contribution in [2.75, 3.05) is 5.32 Å². The van der Waals surface area contributed by atoms with E-state index in [1.165, 1.54) is 0 Å². The van der Waals surface area contributed by atoms with Gasteiger partial charge in [-0.25, -0.2) is 4.98 Å². The normalized spacial score (nSPS) is 10.7. The Morgan fingerprint density at radius 1 is 1.20 bits per heavy atom. The van der Waals surface area contributed by atoms with Gasteiger partial charge in [-0.15, -0.1) is 0 Å². The summed E-state index contributed by atoms with van der Waals surface area (Å²) >= 11 is 0. The number of phenolic OH excluding ortho intramolecular Hbond substituents is 1. The molecule has 3 N–H and O–H groups in total. The fraction of sp³-hybridized carbons (Fsp3) is 0.0667. The van der Waals surface area contributed by atoms with Gasteiger partial charge in [0, 0.05) is 0 Å². The molecule has 3 rings (SSSR count). The zero-order valence-corrected chi connectivity index (χ0v) is 10.8. The lowest BCUT2D eigenvalue weighted by atomic mass is 10.2. The van der Waals surface area contributed by atoms with E-state index in [-0.39, 0.29) is 11.3 Å². The molecule has 1 heterocycles. The van der Waals surface area contributed by atoms with Crippen molar-refractivity contribution in [2.45, 2.75) is 6.92 Å². The maximum absolute atomic E-state index is 11.9. The first-order valence-corrected chi connectivity index (χ1v) is 6.19. The molecule has 100 valence electrons. The molecule has 2 aromatic carbocycles. The van der Waals surface area contributed by atoms with Gasteiger partial charge in [-0.3, -0.25) is 9.78 Å². The molecular formula is C15H13N3O2. The molecule has 0 aliphatic rings. The van der Waals surface area contributed by atoms with Crippen LogP contribution < -0.4 is 10.9 Å². The standard InChI is InChI=1S/C15H13N3O2/c1-9-6-7-13(19)12(8-9)17-15-16-11-5-3-2-4-10(11)14(20)18-15/h2-8,19H,1H3,(H2,16,17,18,20). The van der Waals surface area contributed by atoms with Crippen molar-refractivity contribution in [3.8, 4) is 5.75 Å². The van der Waals surface area contributed by atoms with Crippen LogP contribution >= 0.6 is 0 Å². The Hall–Kier alpha value is -2.82. The average Bonchev–Trinajstić information content (AvgIpc) is 2.43. The summed E-state index contributed by atoms with van der Waals surface area (Å²) in [7, 11) is 0. The molecule has 5 heteroatoms. The van der Waals surface area contributed by atoms with Gasteiger partial charge in [0.2, 0.25) is 5.95 Å². The summed E-state index contributed by atoms with van der Waals surface area (Å²) in [5, 5.41) is 13.3. The highest BCUT2D eigenvalue weighted by molar-refractivity contribution is 5.79. The van der Waals surface area contributed by atoms with Gasteiger partial charge in [0.1, 0.15) is 5.75 Å². The monoisotopic (exact) mass is 267 g/mol. The van der Waals surface area contributed by atoms with Crippen LogP contribution in [0.2, 0.25) is 0 Å². The number of nitrogens with zero attached hydrogens (tertiary/aromatic N) is 1. The van der Waals surface area contributed by atoms with Crippen molar-refractivity contribution in [1.82, 2.24) is 9.97 Å². The number of rotatable bonds is 2. The van der Waals surface area contributed by atoms with Crippen molar-refractivity contribution in [2.24, 2.45) is 0 Å². The number of benzene rings is 2. The predicted octanol–water partition coefficient (Wildman–Crippen LogP) is 2.68. The van der Waals surface area contributed by atoms with Gasteiger partial charge in [0.25, 0.3) is 5.56 Å². The van der Waals surface area contributed by atoms with E-state index in [0.29, 0.717) is 22.5 Å². The van der Waals surface area contributed by atoms with Gasteiger partial charge in [0.05, 0.1) is 16.6 Å². The molecule has 0 radical (unpaired) electrons. The van der Waals surface area contributed by atoms with Crippen molar-refractivity contribution in [3.63, 3.8) is 0 Å². The molecular weight excluding hydrogens is 254 g/mol. The molecule has 0 fully saturated rings. The Balaban J connectivity index is 2.07. The smallest absolute Gasteiger partial charge is 0.260 e. The number of hydrogen-bond donors (Lipinski definition) is 3. The lowest BCUT2D eigenvalue weighted by Gasteiger charge is -2.09. The molecule has 0 saturated carbocycles. The fourth-order valence-corrected chi connectivity index (χ4v) is 2.02. The third kappa shape index (κ3) is 2.21. The highest BCUT2D eigenvalue weighted by Gasteiger charge is 2.06. The first-order chi connectivity index (χ1) is 9.63. The molecule has 0 bridgehead atoms. The maximum atomic E-state index is 11.9. The van der Waals surface area contributed by atoms with E-state index in [1.807, 2.05) is 13.0 Å². The predicted molar refractivity (Wildman–Crippen MR) is 78.5 cm³/mol. The highest BCUT2D eigenvalue weighted by atomic mass is 16.3. The minimum Gasteiger partial charge on any atom is -0.506 e. The minimum absolute atomic E-state index is 0.103. The third-order valence-electron chi connectivity index (χ3n) is 3.02. The summed E-state index contributed by atoms with van der Waals surface area (Å²) in [6, 6.07) is 12.3. The van der Waals surface area contributed by atoms with E-state index in [4.69, 9.17) is 0 Å². The van der Waals surface area contributed by atoms with E-state index >= 15 is 0 Å². The molecule has 5 nitrogen and oxygen atoms in total. The van der Waals surface area contributed by atoms with Crippen LogP contribution in [0.4, 0.5) is 11.6 Å². The Kier molecular flexibility index (Phi) is 2.87. The molecule has 0 aliphatic heterocycles. The number of aryl methyl sites for hydroxylation is 1. The minimum atomic E-state index is -0.217. The van der Waals surface area contributed by atoms with Crippen molar-refractivity contribution < 1.29 is 5.11 Å². The number of aromatic amines is 1. The van der Waals surface area contributed by atoms with E-state index in [0.717, 1.165) is 5.56 Å². The topological polar surface area (TPSA) is 78.0 Å². The van der Waals surface area contributed by atoms with E-state index in [2.05, 4.69) is 15.3 Å². The second-order valence-corrected chi connectivity index (χ2v) is 4.58. The summed E-state index contributed by atoms with van der Waals surface area (Å²) in [6.07, 6.45) is 0. The number of nitrogens with one attached hydrogen (secondary N) is 2. The van der Waals surface area contributed by atoms with Crippen LogP contribution in [0, 0.1) is 6.92 Å². The van der Waals surface area contributed by atoms with Crippen molar-refractivity contribution in [1.29, 1.82) is 0 Å². The van der Waals surface area contributed by atoms with Crippen LogP contribution in [0.1, 0.15) is 5.56 Å². The second-order valence-electron chi connectivity index (χ2n) is 4.58. The van der Waals surface area contributed by atoms with Crippen molar-refractivity contribution >= 4 is 22.5 Å². The number of fused-ring (bicyclic) bond motifs is 1. The summed E-state index contributed by atoms with van der Waals surface area (Å²) in [5.41, 5.74) is 1.88. The van der Waals surface area contributed by atoms with E-state index < -0.39 is 0 Å². The Morgan fingerprint density at radius 2 is 2.00 bits per heavy atom. The first-order valence-electron chi connectivity index (χ1n) is 6.19. The van der Waals surface area contributed by atoms with Gasteiger partial charge >= 0.3 is 0 Å². The molecule has 0 saturated heterocycles. The first kappa shape index (κ1) is 12.2. The van der Waals surface area contributed by atoms with Crippen LogP contribution in [-0.2, 0) is 0 Å². The molecule has 0 atom stereocenters. The number of hydrogen-bond acceptors (Lipinski definition) is 4. The quantitative estimate of drug-likeness (QED) is 0.624. The summed E-state index contributed by atoms with van der Waals surface area (Å²) < 4.78 is 0. The van der Waals surface area contributed by atoms with Crippen LogP contribution in [0.5, 0.6) is 5.75 Å². The SMILES string of the molecule is Cc1ccc(O)c(Nc2nc3ccccc3c(=O)[nH]2)c1. The number of phenols is 1. The van der Waals surface area contributed by atoms with Crippen LogP contribution in [0.25, 0.3) is 10.9 Å². The summed E-state index contributed by atoms with van der Waals surface area (Å²) in [4.78, 5) is 18.9. The van der Waals surface area contributed by atoms with Crippen LogP contribution in [-0.4, -0.2) is 15.1 Å². The van der Waals surface area contributed by atoms with Gasteiger partial charge in [-0.2, -0.15) is 0 Å². The van der Waals surface area contributed by atoms with Gasteiger partial charge in [-0.05, 0) is 36.8 Å². The number of para-hydroxylation sites is 1. The third-order valence-corrected chi connectivity index (χ3v) is 3.02. The summed E-state index contributed by atoms with van der Waals surface area (Å²) in [6.45, 7) is 1.92. The molecule has 1 aromatic heterocycles. The Morgan fingerprint density at radius 3 is 2.85 bits per heavy atom. The largest absolute Gasteiger partial charge is 0.506 e. The van der Waals surface area contributed by atoms with Crippen LogP contribution in [0.3, 0.4) is 0 Å². The molecule has 0 spiro atoms. The fourth-order valence-electron chi connectivity index (χ4n) is 2.02. The highest BCUT2D eigenvalue weighted by Crippen LogP contribution is 2.26. The second kappa shape index (κ2) is 4.70. The molecule has 0 amide bonds. The zero-order valence-electron chi connectivity index (χ0n) is 10.8. The van der Waals surface area contributed by atoms with Gasteiger partial charge < -0.3 is 10.4 Å². The van der Waals surface area contributed by atoms with Gasteiger partial charge in [-0.1, -0.05) is 18.2 Å². The lowest BCUT2D eigenvalue weighted by molar-refractivity contribution is 0.477. The number of H-pyrrole nitrogens is 1. The molecule has 0 unspecified atom stereocenters. The Labute approximate surface area is 114 Å². The average molecular weight is 267 g/mol. The molecule has 20 heavy (non-hydrogen) atoms. The molecule has 3 aromatic rings.